The predicted octanol–water partition coefficient (Wildman–Crippen LogP) is 3.35. The zero-order valence-electron chi connectivity index (χ0n) is 10.9. The third-order valence-corrected chi connectivity index (χ3v) is 4.89. The van der Waals surface area contributed by atoms with E-state index in [1.165, 1.54) is 11.8 Å². The van der Waals surface area contributed by atoms with Crippen molar-refractivity contribution in [1.29, 1.82) is 0 Å². The summed E-state index contributed by atoms with van der Waals surface area (Å²) in [7, 11) is -1.06. The second kappa shape index (κ2) is 7.35. The molecule has 0 fully saturated rings. The van der Waals surface area contributed by atoms with Gasteiger partial charge in [0, 0.05) is 20.2 Å². The molecule has 0 amide bonds. The number of aliphatic hydroxyl groups is 1. The van der Waals surface area contributed by atoms with Crippen molar-refractivity contribution in [3.63, 3.8) is 0 Å². The fourth-order valence-electron chi connectivity index (χ4n) is 1.17. The van der Waals surface area contributed by atoms with Gasteiger partial charge in [0.15, 0.2) is 0 Å². The largest absolute Gasteiger partial charge is 0.454 e. The van der Waals surface area contributed by atoms with Crippen molar-refractivity contribution < 1.29 is 14.6 Å². The number of hydrogen-bond acceptors (Lipinski definition) is 4. The van der Waals surface area contributed by atoms with Gasteiger partial charge < -0.3 is 9.84 Å². The van der Waals surface area contributed by atoms with Crippen LogP contribution >= 0.6 is 11.8 Å². The number of carbonyl (C=O) groups excluding carboxylic acids is 1. The first-order valence-electron chi connectivity index (χ1n) is 5.72. The molecule has 16 heavy (non-hydrogen) atoms. The molecule has 0 aliphatic rings. The Hall–Kier alpha value is -0.00312. The minimum atomic E-state index is -1.06. The van der Waals surface area contributed by atoms with E-state index >= 15 is 0 Å². The van der Waals surface area contributed by atoms with Crippen LogP contribution in [0.15, 0.2) is 0 Å². The Labute approximate surface area is 104 Å². The van der Waals surface area contributed by atoms with Gasteiger partial charge in [-0.15, -0.1) is 0 Å². The Morgan fingerprint density at radius 3 is 2.38 bits per heavy atom. The molecular formula is C11H24O3SSi. The van der Waals surface area contributed by atoms with Gasteiger partial charge in [-0.25, -0.2) is 4.79 Å². The Morgan fingerprint density at radius 2 is 1.94 bits per heavy atom. The van der Waals surface area contributed by atoms with E-state index < -0.39 is 14.2 Å². The number of carbonyl (C=O) groups is 1. The number of thioether (sulfide) groups is 1. The molecule has 0 aromatic heterocycles. The minimum Gasteiger partial charge on any atom is -0.454 e. The summed E-state index contributed by atoms with van der Waals surface area (Å²) in [5.74, 6) is 0.843. The molecule has 0 spiro atoms. The fraction of sp³-hybridized carbons (Fsp3) is 0.909. The molecule has 0 saturated heterocycles. The molecule has 2 atom stereocenters. The highest BCUT2D eigenvalue weighted by molar-refractivity contribution is 8.13. The maximum absolute atomic E-state index is 11.4. The first kappa shape index (κ1) is 16.0. The maximum Gasteiger partial charge on any atom is 0.367 e. The van der Waals surface area contributed by atoms with Gasteiger partial charge in [-0.3, -0.25) is 0 Å². The van der Waals surface area contributed by atoms with E-state index in [4.69, 9.17) is 9.84 Å². The predicted molar refractivity (Wildman–Crippen MR) is 72.9 cm³/mol. The van der Waals surface area contributed by atoms with Crippen molar-refractivity contribution in [2.45, 2.75) is 58.2 Å². The highest BCUT2D eigenvalue weighted by atomic mass is 32.2. The Kier molecular flexibility index (Phi) is 7.35. The standard InChI is InChI=1S/C11H24O3SSi/c1-9(12)8-10(2)14-11(13)15-6-7-16(3,4)5/h9-10,12H,6-8H2,1-5H3. The first-order valence-corrected chi connectivity index (χ1v) is 10.4. The van der Waals surface area contributed by atoms with Gasteiger partial charge in [-0.2, -0.15) is 0 Å². The zero-order chi connectivity index (χ0) is 12.8. The van der Waals surface area contributed by atoms with Crippen molar-refractivity contribution in [1.82, 2.24) is 0 Å². The Morgan fingerprint density at radius 1 is 1.38 bits per heavy atom. The lowest BCUT2D eigenvalue weighted by atomic mass is 10.2. The molecule has 1 N–H and O–H groups in total. The summed E-state index contributed by atoms with van der Waals surface area (Å²) >= 11 is 1.25. The number of ether oxygens (including phenoxy) is 1. The van der Waals surface area contributed by atoms with Gasteiger partial charge in [0.1, 0.15) is 6.10 Å². The maximum atomic E-state index is 11.4. The van der Waals surface area contributed by atoms with Gasteiger partial charge >= 0.3 is 5.30 Å². The SMILES string of the molecule is CC(O)CC(C)OC(=O)SCC[Si](C)(C)C. The quantitative estimate of drug-likeness (QED) is 0.590. The van der Waals surface area contributed by atoms with E-state index in [2.05, 4.69) is 19.6 Å². The second-order valence-electron chi connectivity index (χ2n) is 5.42. The summed E-state index contributed by atoms with van der Waals surface area (Å²) in [5.41, 5.74) is 0. The lowest BCUT2D eigenvalue weighted by Gasteiger charge is -2.16. The van der Waals surface area contributed by atoms with Crippen LogP contribution in [-0.2, 0) is 4.74 Å². The average molecular weight is 264 g/mol. The van der Waals surface area contributed by atoms with Crippen LogP contribution in [-0.4, -0.2) is 36.4 Å². The monoisotopic (exact) mass is 264 g/mol. The van der Waals surface area contributed by atoms with E-state index in [1.807, 2.05) is 6.92 Å². The summed E-state index contributed by atoms with van der Waals surface area (Å²) in [4.78, 5) is 11.4. The van der Waals surface area contributed by atoms with Crippen molar-refractivity contribution in [2.75, 3.05) is 5.75 Å². The molecule has 0 aliphatic heterocycles. The van der Waals surface area contributed by atoms with Crippen LogP contribution in [0.25, 0.3) is 0 Å². The van der Waals surface area contributed by atoms with Crippen LogP contribution in [0.5, 0.6) is 0 Å². The van der Waals surface area contributed by atoms with Crippen molar-refractivity contribution >= 4 is 25.1 Å². The summed E-state index contributed by atoms with van der Waals surface area (Å²) in [6, 6.07) is 1.12. The zero-order valence-corrected chi connectivity index (χ0v) is 12.8. The van der Waals surface area contributed by atoms with E-state index in [-0.39, 0.29) is 11.4 Å². The molecule has 0 aromatic carbocycles. The molecule has 5 heteroatoms. The molecule has 0 bridgehead atoms. The summed E-state index contributed by atoms with van der Waals surface area (Å²) in [5, 5.41) is 8.91. The first-order chi connectivity index (χ1) is 7.20. The smallest absolute Gasteiger partial charge is 0.367 e. The van der Waals surface area contributed by atoms with Crippen LogP contribution < -0.4 is 0 Å². The topological polar surface area (TPSA) is 46.5 Å². The lowest BCUT2D eigenvalue weighted by molar-refractivity contribution is 0.0845. The van der Waals surface area contributed by atoms with E-state index in [0.29, 0.717) is 6.42 Å². The van der Waals surface area contributed by atoms with Gasteiger partial charge in [0.05, 0.1) is 6.10 Å². The van der Waals surface area contributed by atoms with Crippen LogP contribution in [0, 0.1) is 0 Å². The van der Waals surface area contributed by atoms with Crippen molar-refractivity contribution in [3.05, 3.63) is 0 Å². The van der Waals surface area contributed by atoms with E-state index in [9.17, 15) is 4.79 Å². The number of rotatable bonds is 6. The van der Waals surface area contributed by atoms with Crippen LogP contribution in [0.1, 0.15) is 20.3 Å². The molecule has 0 saturated carbocycles. The highest BCUT2D eigenvalue weighted by Crippen LogP contribution is 2.16. The normalized spacial score (nSPS) is 15.6. The Bertz CT molecular complexity index is 214. The summed E-state index contributed by atoms with van der Waals surface area (Å²) < 4.78 is 5.16. The molecule has 0 aliphatic carbocycles. The molecule has 0 aromatic rings. The van der Waals surface area contributed by atoms with Gasteiger partial charge in [0.2, 0.25) is 0 Å². The molecule has 2 unspecified atom stereocenters. The fourth-order valence-corrected chi connectivity index (χ4v) is 4.42. The van der Waals surface area contributed by atoms with Crippen molar-refractivity contribution in [2.24, 2.45) is 0 Å². The molecule has 3 nitrogen and oxygen atoms in total. The second-order valence-corrected chi connectivity index (χ2v) is 12.1. The lowest BCUT2D eigenvalue weighted by Crippen LogP contribution is -2.21. The van der Waals surface area contributed by atoms with Gasteiger partial charge in [-0.1, -0.05) is 19.6 Å². The molecule has 0 heterocycles. The third kappa shape index (κ3) is 10.5. The minimum absolute atomic E-state index is 0.202. The van der Waals surface area contributed by atoms with Gasteiger partial charge in [-0.05, 0) is 31.7 Å². The van der Waals surface area contributed by atoms with E-state index in [1.54, 1.807) is 6.92 Å². The Balaban J connectivity index is 3.66. The molecule has 0 radical (unpaired) electrons. The number of aliphatic hydroxyl groups excluding tert-OH is 1. The average Bonchev–Trinajstić information content (AvgIpc) is 1.98. The molecule has 0 rings (SSSR count). The summed E-state index contributed by atoms with van der Waals surface area (Å²) in [6.45, 7) is 10.4. The van der Waals surface area contributed by atoms with Crippen LogP contribution in [0.2, 0.25) is 25.7 Å². The molecular weight excluding hydrogens is 240 g/mol. The highest BCUT2D eigenvalue weighted by Gasteiger charge is 2.16. The van der Waals surface area contributed by atoms with E-state index in [0.717, 1.165) is 11.8 Å². The van der Waals surface area contributed by atoms with Gasteiger partial charge in [0.25, 0.3) is 0 Å². The van der Waals surface area contributed by atoms with Crippen molar-refractivity contribution in [3.8, 4) is 0 Å². The van der Waals surface area contributed by atoms with Crippen LogP contribution in [0.4, 0.5) is 4.79 Å². The molecule has 96 valence electrons. The number of hydrogen-bond donors (Lipinski definition) is 1. The van der Waals surface area contributed by atoms with Crippen LogP contribution in [0.3, 0.4) is 0 Å². The summed E-state index contributed by atoms with van der Waals surface area (Å²) in [6.07, 6.45) is -0.123. The third-order valence-electron chi connectivity index (χ3n) is 2.04.